The smallest absolute Gasteiger partial charge is 0.271 e. The zero-order valence-electron chi connectivity index (χ0n) is 12.4. The fourth-order valence-corrected chi connectivity index (χ4v) is 5.62. The maximum absolute atomic E-state index is 12.5. The van der Waals surface area contributed by atoms with E-state index in [1.54, 1.807) is 5.38 Å². The summed E-state index contributed by atoms with van der Waals surface area (Å²) in [4.78, 5) is 0. The van der Waals surface area contributed by atoms with Crippen molar-refractivity contribution in [2.45, 2.75) is 24.0 Å². The van der Waals surface area contributed by atoms with Gasteiger partial charge in [0.15, 0.2) is 9.96 Å². The fourth-order valence-electron chi connectivity index (χ4n) is 2.27. The molecule has 3 heterocycles. The second-order valence-corrected chi connectivity index (χ2v) is 8.41. The van der Waals surface area contributed by atoms with Crippen LogP contribution >= 0.6 is 23.1 Å². The van der Waals surface area contributed by atoms with Crippen LogP contribution in [-0.4, -0.2) is 46.3 Å². The second-order valence-electron chi connectivity index (χ2n) is 4.87. The highest BCUT2D eigenvalue weighted by molar-refractivity contribution is 7.91. The first kappa shape index (κ1) is 16.4. The Labute approximate surface area is 142 Å². The highest BCUT2D eigenvalue weighted by atomic mass is 32.2. The van der Waals surface area contributed by atoms with E-state index in [1.165, 1.54) is 4.31 Å². The van der Waals surface area contributed by atoms with Crippen molar-refractivity contribution in [3.8, 4) is 11.6 Å². The maximum atomic E-state index is 12.5. The Bertz CT molecular complexity index is 780. The van der Waals surface area contributed by atoms with Crippen LogP contribution in [-0.2, 0) is 10.0 Å². The molecule has 0 atom stereocenters. The third-order valence-electron chi connectivity index (χ3n) is 3.36. The Hall–Kier alpha value is -1.43. The summed E-state index contributed by atoms with van der Waals surface area (Å²) in [6, 6.07) is 0. The molecule has 1 aliphatic rings. The molecule has 23 heavy (non-hydrogen) atoms. The van der Waals surface area contributed by atoms with E-state index in [4.69, 9.17) is 4.74 Å². The number of hydrogen-bond donors (Lipinski definition) is 2. The van der Waals surface area contributed by atoms with Crippen molar-refractivity contribution in [2.75, 3.05) is 25.0 Å². The standard InChI is InChI=1S/C12H16N4O4S3/c1-2-20-11-10(14-22-15-11)13-8-7-21-12(9(8)17)23(18,19)16-5-3-4-6-16/h7,17H,2-6H2,1H3,(H,13,14). The molecular weight excluding hydrogens is 360 g/mol. The van der Waals surface area contributed by atoms with E-state index in [1.807, 2.05) is 6.92 Å². The van der Waals surface area contributed by atoms with E-state index < -0.39 is 10.0 Å². The van der Waals surface area contributed by atoms with Gasteiger partial charge in [-0.2, -0.15) is 8.68 Å². The van der Waals surface area contributed by atoms with Crippen molar-refractivity contribution < 1.29 is 18.3 Å². The van der Waals surface area contributed by atoms with Gasteiger partial charge in [-0.15, -0.1) is 15.7 Å². The van der Waals surface area contributed by atoms with E-state index in [0.29, 0.717) is 31.4 Å². The van der Waals surface area contributed by atoms with E-state index in [2.05, 4.69) is 14.1 Å². The highest BCUT2D eigenvalue weighted by Crippen LogP contribution is 2.41. The van der Waals surface area contributed by atoms with Crippen molar-refractivity contribution in [3.63, 3.8) is 0 Å². The third kappa shape index (κ3) is 3.13. The first-order valence-electron chi connectivity index (χ1n) is 7.07. The van der Waals surface area contributed by atoms with Crippen LogP contribution < -0.4 is 10.1 Å². The summed E-state index contributed by atoms with van der Waals surface area (Å²) in [5, 5.41) is 14.7. The van der Waals surface area contributed by atoms with Gasteiger partial charge in [0.25, 0.3) is 15.9 Å². The van der Waals surface area contributed by atoms with Gasteiger partial charge in [0.05, 0.1) is 24.0 Å². The lowest BCUT2D eigenvalue weighted by Crippen LogP contribution is -2.27. The molecule has 0 unspecified atom stereocenters. The maximum Gasteiger partial charge on any atom is 0.271 e. The summed E-state index contributed by atoms with van der Waals surface area (Å²) in [5.74, 6) is 0.388. The summed E-state index contributed by atoms with van der Waals surface area (Å²) < 4.78 is 39.8. The van der Waals surface area contributed by atoms with Gasteiger partial charge in [-0.3, -0.25) is 0 Å². The van der Waals surface area contributed by atoms with Gasteiger partial charge in [-0.25, -0.2) is 8.42 Å². The highest BCUT2D eigenvalue weighted by Gasteiger charge is 2.32. The van der Waals surface area contributed by atoms with Crippen molar-refractivity contribution in [1.29, 1.82) is 0 Å². The molecule has 1 aliphatic heterocycles. The summed E-state index contributed by atoms with van der Waals surface area (Å²) >= 11 is 1.96. The van der Waals surface area contributed by atoms with Crippen LogP contribution in [0.1, 0.15) is 19.8 Å². The molecule has 2 N–H and O–H groups in total. The zero-order chi connectivity index (χ0) is 16.4. The molecular formula is C12H16N4O4S3. The molecule has 0 amide bonds. The molecule has 126 valence electrons. The Balaban J connectivity index is 1.86. The Morgan fingerprint density at radius 3 is 2.83 bits per heavy atom. The minimum atomic E-state index is -3.65. The number of rotatable bonds is 6. The zero-order valence-corrected chi connectivity index (χ0v) is 14.8. The average Bonchev–Trinajstić information content (AvgIpc) is 3.23. The molecule has 0 spiro atoms. The predicted octanol–water partition coefficient (Wildman–Crippen LogP) is 2.23. The van der Waals surface area contributed by atoms with E-state index in [0.717, 1.165) is 35.9 Å². The Morgan fingerprint density at radius 1 is 1.39 bits per heavy atom. The molecule has 0 aromatic carbocycles. The van der Waals surface area contributed by atoms with E-state index in [-0.39, 0.29) is 15.6 Å². The van der Waals surface area contributed by atoms with Gasteiger partial charge in [-0.1, -0.05) is 0 Å². The minimum Gasteiger partial charge on any atom is -0.504 e. The molecule has 1 saturated heterocycles. The molecule has 1 fully saturated rings. The number of ether oxygens (including phenoxy) is 1. The van der Waals surface area contributed by atoms with E-state index >= 15 is 0 Å². The first-order chi connectivity index (χ1) is 11.0. The largest absolute Gasteiger partial charge is 0.504 e. The average molecular weight is 376 g/mol. The van der Waals surface area contributed by atoms with Gasteiger partial charge < -0.3 is 15.2 Å². The lowest BCUT2D eigenvalue weighted by atomic mass is 10.4. The second kappa shape index (κ2) is 6.59. The van der Waals surface area contributed by atoms with E-state index in [9.17, 15) is 13.5 Å². The molecule has 0 bridgehead atoms. The Kier molecular flexibility index (Phi) is 4.71. The summed E-state index contributed by atoms with van der Waals surface area (Å²) in [6.07, 6.45) is 1.69. The van der Waals surface area contributed by atoms with Crippen molar-refractivity contribution >= 4 is 44.6 Å². The topological polar surface area (TPSA) is 105 Å². The summed E-state index contributed by atoms with van der Waals surface area (Å²) in [5.41, 5.74) is 0.279. The SMILES string of the molecule is CCOc1nsnc1Nc1csc(S(=O)(=O)N2CCCC2)c1O. The molecule has 8 nitrogen and oxygen atoms in total. The van der Waals surface area contributed by atoms with Gasteiger partial charge in [-0.05, 0) is 19.8 Å². The first-order valence-corrected chi connectivity index (χ1v) is 10.1. The van der Waals surface area contributed by atoms with Crippen molar-refractivity contribution in [3.05, 3.63) is 5.38 Å². The number of aromatic nitrogens is 2. The lowest BCUT2D eigenvalue weighted by Gasteiger charge is -2.14. The lowest BCUT2D eigenvalue weighted by molar-refractivity contribution is 0.331. The van der Waals surface area contributed by atoms with Crippen LogP contribution in [0.5, 0.6) is 11.6 Å². The number of aromatic hydroxyl groups is 1. The van der Waals surface area contributed by atoms with Crippen LogP contribution in [0.3, 0.4) is 0 Å². The van der Waals surface area contributed by atoms with Crippen molar-refractivity contribution in [1.82, 2.24) is 13.1 Å². The molecule has 2 aromatic heterocycles. The fraction of sp³-hybridized carbons (Fsp3) is 0.500. The molecule has 0 saturated carbocycles. The molecule has 0 aliphatic carbocycles. The van der Waals surface area contributed by atoms with Crippen LogP contribution in [0.4, 0.5) is 11.5 Å². The third-order valence-corrected chi connectivity index (χ3v) is 7.26. The Morgan fingerprint density at radius 2 is 2.13 bits per heavy atom. The predicted molar refractivity (Wildman–Crippen MR) is 88.3 cm³/mol. The molecule has 2 aromatic rings. The van der Waals surface area contributed by atoms with Gasteiger partial charge >= 0.3 is 0 Å². The number of hydrogen-bond acceptors (Lipinski definition) is 9. The van der Waals surface area contributed by atoms with Crippen LogP contribution in [0.25, 0.3) is 0 Å². The van der Waals surface area contributed by atoms with Crippen LogP contribution in [0.15, 0.2) is 9.59 Å². The summed E-state index contributed by atoms with van der Waals surface area (Å²) in [6.45, 7) is 3.25. The summed E-state index contributed by atoms with van der Waals surface area (Å²) in [7, 11) is -3.65. The number of thiophene rings is 1. The quantitative estimate of drug-likeness (QED) is 0.796. The number of anilines is 2. The molecule has 11 heteroatoms. The van der Waals surface area contributed by atoms with Gasteiger partial charge in [0.2, 0.25) is 5.82 Å². The minimum absolute atomic E-state index is 0.0527. The van der Waals surface area contributed by atoms with Gasteiger partial charge in [0, 0.05) is 18.5 Å². The van der Waals surface area contributed by atoms with Crippen LogP contribution in [0.2, 0.25) is 0 Å². The number of nitrogens with zero attached hydrogens (tertiary/aromatic N) is 3. The molecule has 3 rings (SSSR count). The number of nitrogens with one attached hydrogen (secondary N) is 1. The van der Waals surface area contributed by atoms with Gasteiger partial charge in [0.1, 0.15) is 0 Å². The van der Waals surface area contributed by atoms with Crippen LogP contribution in [0, 0.1) is 0 Å². The number of sulfonamides is 1. The normalized spacial score (nSPS) is 15.9. The molecule has 0 radical (unpaired) electrons. The van der Waals surface area contributed by atoms with Crippen molar-refractivity contribution in [2.24, 2.45) is 0 Å². The monoisotopic (exact) mass is 376 g/mol.